The van der Waals surface area contributed by atoms with E-state index in [1.165, 1.54) is 30.6 Å². The molecule has 312 valence electrons. The Morgan fingerprint density at radius 1 is 0.897 bits per heavy atom. The number of hydrogen-bond donors (Lipinski definition) is 4. The van der Waals surface area contributed by atoms with Crippen molar-refractivity contribution >= 4 is 47.3 Å². The Kier molecular flexibility index (Phi) is 14.1. The van der Waals surface area contributed by atoms with Crippen LogP contribution in [0.2, 0.25) is 0 Å². The molecule has 0 aliphatic carbocycles. The number of rotatable bonds is 15. The van der Waals surface area contributed by atoms with Crippen molar-refractivity contribution in [1.82, 2.24) is 40.6 Å². The molecule has 18 heteroatoms. The predicted octanol–water partition coefficient (Wildman–Crippen LogP) is 0.959. The van der Waals surface area contributed by atoms with Gasteiger partial charge in [-0.05, 0) is 35.8 Å². The summed E-state index contributed by atoms with van der Waals surface area (Å²) in [5.41, 5.74) is 2.35. The average Bonchev–Trinajstić information content (AvgIpc) is 3.91. The van der Waals surface area contributed by atoms with E-state index in [4.69, 9.17) is 10.1 Å². The topological polar surface area (TPSA) is 233 Å². The van der Waals surface area contributed by atoms with Crippen molar-refractivity contribution < 1.29 is 43.0 Å². The Hall–Kier alpha value is -5.94. The summed E-state index contributed by atoms with van der Waals surface area (Å²) in [6.07, 6.45) is 3.76. The van der Waals surface area contributed by atoms with Crippen LogP contribution in [-0.2, 0) is 51.2 Å². The number of amidine groups is 1. The van der Waals surface area contributed by atoms with Crippen LogP contribution in [-0.4, -0.2) is 135 Å². The van der Waals surface area contributed by atoms with E-state index in [0.29, 0.717) is 25.9 Å². The third-order valence-electron chi connectivity index (χ3n) is 10.6. The number of benzene rings is 1. The molecule has 58 heavy (non-hydrogen) atoms. The van der Waals surface area contributed by atoms with Crippen LogP contribution < -0.4 is 16.0 Å². The monoisotopic (exact) mass is 803 g/mol. The van der Waals surface area contributed by atoms with E-state index in [2.05, 4.69) is 30.7 Å². The van der Waals surface area contributed by atoms with Gasteiger partial charge in [0, 0.05) is 31.9 Å². The van der Waals surface area contributed by atoms with Crippen molar-refractivity contribution in [1.29, 1.82) is 5.41 Å². The lowest BCUT2D eigenvalue weighted by Gasteiger charge is -2.32. The number of carbonyl (C=O) groups is 7. The van der Waals surface area contributed by atoms with E-state index in [-0.39, 0.29) is 43.4 Å². The lowest BCUT2D eigenvalue weighted by atomic mass is 9.98. The number of hydrogen-bond acceptors (Lipinski definition) is 12. The zero-order chi connectivity index (χ0) is 42.3. The number of esters is 1. The number of ether oxygens (including phenoxy) is 2. The summed E-state index contributed by atoms with van der Waals surface area (Å²) in [4.78, 5) is 106. The second-order valence-electron chi connectivity index (χ2n) is 15.5. The molecule has 2 fully saturated rings. The Morgan fingerprint density at radius 3 is 2.24 bits per heavy atom. The van der Waals surface area contributed by atoms with Crippen molar-refractivity contribution in [2.75, 3.05) is 26.7 Å². The minimum atomic E-state index is -1.26. The van der Waals surface area contributed by atoms with E-state index >= 15 is 0 Å². The second-order valence-corrected chi connectivity index (χ2v) is 15.5. The summed E-state index contributed by atoms with van der Waals surface area (Å²) in [7, 11) is 1.18. The molecule has 3 aliphatic rings. The number of Topliss-reactive ketones (excluding diaryl/α,β-unsaturated/α-hetero) is 1. The molecule has 0 radical (unpaired) electrons. The van der Waals surface area contributed by atoms with Crippen molar-refractivity contribution in [3.8, 4) is 0 Å². The van der Waals surface area contributed by atoms with Gasteiger partial charge in [0.1, 0.15) is 41.8 Å². The third-order valence-corrected chi connectivity index (χ3v) is 10.6. The molecular formula is C40H53N9O9. The Bertz CT molecular complexity index is 1890. The highest BCUT2D eigenvalue weighted by Gasteiger charge is 2.50. The molecule has 1 aromatic heterocycles. The summed E-state index contributed by atoms with van der Waals surface area (Å²) in [5, 5.41) is 16.9. The first-order valence-corrected chi connectivity index (χ1v) is 19.6. The number of fused-ring (bicyclic) bond motifs is 1. The maximum Gasteiger partial charge on any atom is 0.410 e. The Labute approximate surface area is 337 Å². The fourth-order valence-electron chi connectivity index (χ4n) is 7.19. The van der Waals surface area contributed by atoms with Crippen LogP contribution in [0.5, 0.6) is 0 Å². The standard InChI is InChI=1S/C40H53N9O9/c1-7-10-27(33(50)38(54)49-21-30(49)39(55)57-6)44-35(51)29-17-26(58-40(56)47-16-13-24-11-8-9-12-25(24)19-47)20-48(29)37(53)32(23(4)5)46-36(52)31(22(2)3)45-34(41)28-18-42-14-15-43-28/h8-9,11-12,14-15,18,22-23,26-27,29-32H,7,10,13,16-17,19-21H2,1-6H3,(H2,41,45)(H,44,51)(H,46,52)/t26-,27+,29+,30?,31+,32+,49?/m1/s1. The van der Waals surface area contributed by atoms with Gasteiger partial charge in [-0.3, -0.25) is 34.4 Å². The predicted molar refractivity (Wildman–Crippen MR) is 208 cm³/mol. The van der Waals surface area contributed by atoms with Crippen molar-refractivity contribution in [3.05, 3.63) is 59.7 Å². The molecule has 1 aromatic carbocycles. The molecule has 0 bridgehead atoms. The van der Waals surface area contributed by atoms with E-state index in [1.54, 1.807) is 39.5 Å². The zero-order valence-electron chi connectivity index (χ0n) is 33.7. The number of methoxy groups -OCH3 is 1. The van der Waals surface area contributed by atoms with Gasteiger partial charge < -0.3 is 40.1 Å². The van der Waals surface area contributed by atoms with Gasteiger partial charge in [0.2, 0.25) is 23.5 Å². The molecule has 0 saturated carbocycles. The summed E-state index contributed by atoms with van der Waals surface area (Å²) >= 11 is 0. The summed E-state index contributed by atoms with van der Waals surface area (Å²) in [5.74, 6) is -5.41. The first kappa shape index (κ1) is 43.2. The minimum Gasteiger partial charge on any atom is -0.467 e. The highest BCUT2D eigenvalue weighted by atomic mass is 16.6. The number of ketones is 1. The minimum absolute atomic E-state index is 0.0155. The van der Waals surface area contributed by atoms with E-state index < -0.39 is 83.7 Å². The molecule has 5 amide bonds. The van der Waals surface area contributed by atoms with Crippen LogP contribution in [0.4, 0.5) is 4.79 Å². The molecule has 2 aromatic rings. The van der Waals surface area contributed by atoms with Gasteiger partial charge in [0.15, 0.2) is 0 Å². The third kappa shape index (κ3) is 10.1. The SMILES string of the molecule is CCC[C@H](NC(=O)[C@@H]1C[C@@H](OC(=O)N2CCc3ccccc3C2)CN1C(=O)[C@@H](NC(=O)[C@@H](NC(=N)c1cnccn1)C(C)C)C(C)C)C(=O)C(=O)N1CC1C(=O)OC. The smallest absolute Gasteiger partial charge is 0.410 e. The number of nitrogens with one attached hydrogen (secondary N) is 4. The fraction of sp³-hybridized carbons (Fsp3) is 0.550. The van der Waals surface area contributed by atoms with Crippen LogP contribution in [0.3, 0.4) is 0 Å². The molecule has 4 heterocycles. The van der Waals surface area contributed by atoms with Crippen LogP contribution in [0.1, 0.15) is 70.7 Å². The van der Waals surface area contributed by atoms with Gasteiger partial charge >= 0.3 is 12.1 Å². The quantitative estimate of drug-likeness (QED) is 0.0649. The number of nitrogens with zero attached hydrogens (tertiary/aromatic N) is 5. The number of aromatic nitrogens is 2. The normalized spacial score (nSPS) is 20.0. The fourth-order valence-corrected chi connectivity index (χ4v) is 7.19. The van der Waals surface area contributed by atoms with Gasteiger partial charge in [-0.1, -0.05) is 65.3 Å². The van der Waals surface area contributed by atoms with Crippen LogP contribution >= 0.6 is 0 Å². The lowest BCUT2D eigenvalue weighted by Crippen LogP contribution is -2.59. The van der Waals surface area contributed by atoms with E-state index in [1.807, 2.05) is 24.3 Å². The van der Waals surface area contributed by atoms with Gasteiger partial charge in [0.05, 0.1) is 32.4 Å². The van der Waals surface area contributed by atoms with E-state index in [0.717, 1.165) is 16.0 Å². The average molecular weight is 804 g/mol. The van der Waals surface area contributed by atoms with Crippen LogP contribution in [0.25, 0.3) is 0 Å². The zero-order valence-corrected chi connectivity index (χ0v) is 33.7. The molecular weight excluding hydrogens is 750 g/mol. The first-order valence-electron chi connectivity index (χ1n) is 19.6. The van der Waals surface area contributed by atoms with E-state index in [9.17, 15) is 33.6 Å². The second kappa shape index (κ2) is 19.0. The summed E-state index contributed by atoms with van der Waals surface area (Å²) in [6, 6.07) is 2.29. The number of amides is 5. The number of carbonyl (C=O) groups excluding carboxylic acids is 7. The molecule has 0 spiro atoms. The molecule has 5 rings (SSSR count). The molecule has 3 aliphatic heterocycles. The molecule has 18 nitrogen and oxygen atoms in total. The van der Waals surface area contributed by atoms with Crippen molar-refractivity contribution in [2.24, 2.45) is 11.8 Å². The van der Waals surface area contributed by atoms with Gasteiger partial charge in [0.25, 0.3) is 5.91 Å². The Balaban J connectivity index is 1.35. The van der Waals surface area contributed by atoms with Crippen LogP contribution in [0.15, 0.2) is 42.9 Å². The van der Waals surface area contributed by atoms with Gasteiger partial charge in [-0.25, -0.2) is 14.6 Å². The first-order chi connectivity index (χ1) is 27.6. The summed E-state index contributed by atoms with van der Waals surface area (Å²) in [6.45, 7) is 9.37. The van der Waals surface area contributed by atoms with Crippen molar-refractivity contribution in [3.63, 3.8) is 0 Å². The highest BCUT2D eigenvalue weighted by Crippen LogP contribution is 2.27. The largest absolute Gasteiger partial charge is 0.467 e. The van der Waals surface area contributed by atoms with Gasteiger partial charge in [-0.15, -0.1) is 0 Å². The van der Waals surface area contributed by atoms with Crippen molar-refractivity contribution in [2.45, 2.75) is 103 Å². The summed E-state index contributed by atoms with van der Waals surface area (Å²) < 4.78 is 10.6. The number of likely N-dealkylation sites (tertiary alicyclic amines) is 1. The molecule has 4 N–H and O–H groups in total. The highest BCUT2D eigenvalue weighted by molar-refractivity contribution is 6.39. The Morgan fingerprint density at radius 2 is 1.60 bits per heavy atom. The molecule has 6 atom stereocenters. The van der Waals surface area contributed by atoms with Gasteiger partial charge in [-0.2, -0.15) is 0 Å². The maximum absolute atomic E-state index is 14.6. The maximum atomic E-state index is 14.6. The molecule has 2 saturated heterocycles. The molecule has 1 unspecified atom stereocenters. The lowest BCUT2D eigenvalue weighted by molar-refractivity contribution is -0.147. The van der Waals surface area contributed by atoms with Crippen LogP contribution in [0, 0.1) is 17.2 Å².